The predicted octanol–water partition coefficient (Wildman–Crippen LogP) is 6.08. The molecule has 2 aromatic carbocycles. The Morgan fingerprint density at radius 2 is 1.71 bits per heavy atom. The molecule has 0 N–H and O–H groups in total. The lowest BCUT2D eigenvalue weighted by atomic mass is 10.0. The molecule has 0 heterocycles. The molecular formula is C26H31N3O4S2. The number of esters is 1. The monoisotopic (exact) mass is 513 g/mol. The number of ether oxygens (including phenoxy) is 2. The molecule has 0 fully saturated rings. The molecule has 186 valence electrons. The van der Waals surface area contributed by atoms with Gasteiger partial charge in [0.2, 0.25) is 0 Å². The summed E-state index contributed by atoms with van der Waals surface area (Å²) in [7, 11) is 2.80. The first-order valence-electron chi connectivity index (χ1n) is 10.8. The van der Waals surface area contributed by atoms with Gasteiger partial charge in [-0.05, 0) is 38.2 Å². The Morgan fingerprint density at radius 1 is 1.00 bits per heavy atom. The van der Waals surface area contributed by atoms with Gasteiger partial charge in [-0.15, -0.1) is 16.9 Å². The van der Waals surface area contributed by atoms with E-state index in [1.165, 1.54) is 31.6 Å². The van der Waals surface area contributed by atoms with E-state index in [2.05, 4.69) is 46.5 Å². The van der Waals surface area contributed by atoms with Crippen LogP contribution < -0.4 is 0 Å². The van der Waals surface area contributed by atoms with Gasteiger partial charge in [-0.1, -0.05) is 71.0 Å². The molecule has 0 saturated carbocycles. The fourth-order valence-electron chi connectivity index (χ4n) is 2.77. The molecule has 0 radical (unpaired) electrons. The molecule has 0 aliphatic rings. The standard InChI is InChI=1S/C26H31N3O4S2/c1-18-11-13-21(14-12-18)17-35-26(34-6)28-27-19(2)20(3)29-33-15-22-9-7-8-10-23(22)24(16-31-4)25(30)32-5/h7-14,16H,15,17H2,1-6H3. The third-order valence-electron chi connectivity index (χ3n) is 4.83. The lowest BCUT2D eigenvalue weighted by molar-refractivity contribution is -0.133. The Labute approximate surface area is 215 Å². The molecule has 0 aromatic heterocycles. The molecule has 0 spiro atoms. The first-order valence-corrected chi connectivity index (χ1v) is 13.0. The van der Waals surface area contributed by atoms with E-state index in [4.69, 9.17) is 14.3 Å². The van der Waals surface area contributed by atoms with Crippen molar-refractivity contribution < 1.29 is 19.1 Å². The number of methoxy groups -OCH3 is 2. The van der Waals surface area contributed by atoms with Crippen molar-refractivity contribution >= 4 is 50.9 Å². The topological polar surface area (TPSA) is 81.8 Å². The third kappa shape index (κ3) is 9.26. The Bertz CT molecular complexity index is 1110. The average Bonchev–Trinajstić information content (AvgIpc) is 2.88. The molecule has 35 heavy (non-hydrogen) atoms. The first kappa shape index (κ1) is 28.2. The van der Waals surface area contributed by atoms with E-state index in [-0.39, 0.29) is 6.61 Å². The van der Waals surface area contributed by atoms with Crippen LogP contribution in [0.4, 0.5) is 0 Å². The van der Waals surface area contributed by atoms with E-state index >= 15 is 0 Å². The molecule has 7 nitrogen and oxygen atoms in total. The van der Waals surface area contributed by atoms with Gasteiger partial charge < -0.3 is 14.3 Å². The second kappa shape index (κ2) is 15.1. The van der Waals surface area contributed by atoms with Crippen LogP contribution in [-0.2, 0) is 31.5 Å². The lowest BCUT2D eigenvalue weighted by Gasteiger charge is -2.11. The number of hydrogen-bond acceptors (Lipinski definition) is 9. The van der Waals surface area contributed by atoms with Crippen molar-refractivity contribution in [2.45, 2.75) is 33.1 Å². The zero-order chi connectivity index (χ0) is 25.6. The first-order chi connectivity index (χ1) is 16.9. The fourth-order valence-corrected chi connectivity index (χ4v) is 4.12. The zero-order valence-corrected chi connectivity index (χ0v) is 22.5. The largest absolute Gasteiger partial charge is 0.503 e. The number of oxime groups is 1. The highest BCUT2D eigenvalue weighted by molar-refractivity contribution is 8.38. The summed E-state index contributed by atoms with van der Waals surface area (Å²) in [5, 5.41) is 12.9. The van der Waals surface area contributed by atoms with Crippen molar-refractivity contribution in [3.63, 3.8) is 0 Å². The van der Waals surface area contributed by atoms with Crippen molar-refractivity contribution in [1.29, 1.82) is 0 Å². The maximum Gasteiger partial charge on any atom is 0.341 e. The van der Waals surface area contributed by atoms with Crippen LogP contribution in [0.3, 0.4) is 0 Å². The van der Waals surface area contributed by atoms with Crippen molar-refractivity contribution in [3.05, 3.63) is 77.0 Å². The van der Waals surface area contributed by atoms with Crippen LogP contribution in [0.25, 0.3) is 5.57 Å². The summed E-state index contributed by atoms with van der Waals surface area (Å²) in [6, 6.07) is 15.8. The van der Waals surface area contributed by atoms with E-state index in [1.54, 1.807) is 29.6 Å². The van der Waals surface area contributed by atoms with Crippen LogP contribution in [0, 0.1) is 6.92 Å². The van der Waals surface area contributed by atoms with Crippen molar-refractivity contribution in [2.75, 3.05) is 20.5 Å². The van der Waals surface area contributed by atoms with Crippen LogP contribution in [-0.4, -0.2) is 42.2 Å². The summed E-state index contributed by atoms with van der Waals surface area (Å²) in [4.78, 5) is 17.7. The minimum absolute atomic E-state index is 0.157. The van der Waals surface area contributed by atoms with Crippen LogP contribution in [0.1, 0.15) is 36.1 Å². The molecule has 0 amide bonds. The number of carbonyl (C=O) groups excluding carboxylic acids is 1. The maximum atomic E-state index is 12.1. The molecular weight excluding hydrogens is 482 g/mol. The van der Waals surface area contributed by atoms with Crippen LogP contribution >= 0.6 is 23.5 Å². The van der Waals surface area contributed by atoms with Crippen LogP contribution in [0.2, 0.25) is 0 Å². The second-order valence-corrected chi connectivity index (χ2v) is 9.41. The van der Waals surface area contributed by atoms with E-state index in [1.807, 2.05) is 38.3 Å². The summed E-state index contributed by atoms with van der Waals surface area (Å²) >= 11 is 3.20. The highest BCUT2D eigenvalue weighted by atomic mass is 32.2. The van der Waals surface area contributed by atoms with E-state index in [9.17, 15) is 4.79 Å². The van der Waals surface area contributed by atoms with Crippen molar-refractivity contribution in [3.8, 4) is 0 Å². The summed E-state index contributed by atoms with van der Waals surface area (Å²) in [5.74, 6) is 0.333. The number of benzene rings is 2. The molecule has 9 heteroatoms. The third-order valence-corrected chi connectivity index (χ3v) is 6.92. The van der Waals surface area contributed by atoms with Crippen molar-refractivity contribution in [1.82, 2.24) is 0 Å². The molecule has 0 saturated heterocycles. The van der Waals surface area contributed by atoms with Crippen molar-refractivity contribution in [2.24, 2.45) is 15.4 Å². The normalized spacial score (nSPS) is 13.0. The number of thioether (sulfide) groups is 2. The highest BCUT2D eigenvalue weighted by Gasteiger charge is 2.16. The van der Waals surface area contributed by atoms with Gasteiger partial charge in [0.15, 0.2) is 4.38 Å². The number of rotatable bonds is 10. The van der Waals surface area contributed by atoms with Gasteiger partial charge in [0.1, 0.15) is 12.2 Å². The minimum atomic E-state index is -0.496. The second-order valence-electron chi connectivity index (χ2n) is 7.40. The lowest BCUT2D eigenvalue weighted by Crippen LogP contribution is -2.08. The van der Waals surface area contributed by atoms with Gasteiger partial charge >= 0.3 is 5.97 Å². The van der Waals surface area contributed by atoms with Gasteiger partial charge in [-0.3, -0.25) is 0 Å². The summed E-state index contributed by atoms with van der Waals surface area (Å²) in [6.45, 7) is 5.88. The SMILES string of the molecule is COC=C(C(=O)OC)c1ccccc1CON=C(C)C(C)=NN=C(SC)SCc1ccc(C)cc1. The molecule has 2 aromatic rings. The Morgan fingerprint density at radius 3 is 2.37 bits per heavy atom. The number of aryl methyl sites for hydroxylation is 1. The molecule has 0 unspecified atom stereocenters. The Kier molecular flexibility index (Phi) is 12.1. The highest BCUT2D eigenvalue weighted by Crippen LogP contribution is 2.22. The summed E-state index contributed by atoms with van der Waals surface area (Å²) in [5.41, 5.74) is 5.46. The smallest absolute Gasteiger partial charge is 0.341 e. The maximum absolute atomic E-state index is 12.1. The predicted molar refractivity (Wildman–Crippen MR) is 148 cm³/mol. The fraction of sp³-hybridized carbons (Fsp3) is 0.308. The van der Waals surface area contributed by atoms with E-state index in [0.717, 1.165) is 15.7 Å². The van der Waals surface area contributed by atoms with Gasteiger partial charge in [-0.2, -0.15) is 5.10 Å². The zero-order valence-electron chi connectivity index (χ0n) is 20.9. The Hall–Kier alpha value is -3.04. The summed E-state index contributed by atoms with van der Waals surface area (Å²) < 4.78 is 10.8. The Balaban J connectivity index is 2.04. The van der Waals surface area contributed by atoms with Gasteiger partial charge in [0.25, 0.3) is 0 Å². The quantitative estimate of drug-likeness (QED) is 0.0957. The number of hydrogen-bond donors (Lipinski definition) is 0. The molecule has 0 atom stereocenters. The number of carbonyl (C=O) groups is 1. The molecule has 0 aliphatic heterocycles. The minimum Gasteiger partial charge on any atom is -0.503 e. The van der Waals surface area contributed by atoms with Crippen LogP contribution in [0.15, 0.2) is 70.2 Å². The molecule has 2 rings (SSSR count). The van der Waals surface area contributed by atoms with Gasteiger partial charge in [0, 0.05) is 11.3 Å². The van der Waals surface area contributed by atoms with Gasteiger partial charge in [-0.25, -0.2) is 4.79 Å². The van der Waals surface area contributed by atoms with E-state index < -0.39 is 5.97 Å². The molecule has 0 aliphatic carbocycles. The average molecular weight is 514 g/mol. The van der Waals surface area contributed by atoms with Gasteiger partial charge in [0.05, 0.1) is 31.9 Å². The summed E-state index contributed by atoms with van der Waals surface area (Å²) in [6.07, 6.45) is 3.34. The molecule has 0 bridgehead atoms. The van der Waals surface area contributed by atoms with Crippen LogP contribution in [0.5, 0.6) is 0 Å². The van der Waals surface area contributed by atoms with E-state index in [0.29, 0.717) is 22.6 Å². The number of nitrogens with zero attached hydrogens (tertiary/aromatic N) is 3.